The number of nitrogens with two attached hydrogens (primary N) is 1. The number of hydrogen-bond donors (Lipinski definition) is 2. The van der Waals surface area contributed by atoms with Gasteiger partial charge in [0.15, 0.2) is 0 Å². The van der Waals surface area contributed by atoms with Crippen molar-refractivity contribution in [3.63, 3.8) is 0 Å². The van der Waals surface area contributed by atoms with E-state index in [0.717, 1.165) is 5.56 Å². The molecule has 0 amide bonds. The molecule has 1 saturated heterocycles. The summed E-state index contributed by atoms with van der Waals surface area (Å²) in [4.78, 5) is 14.6. The smallest absolute Gasteiger partial charge is 0.323 e. The van der Waals surface area contributed by atoms with E-state index in [2.05, 4.69) is 11.5 Å². The highest BCUT2D eigenvalue weighted by Gasteiger charge is 2.39. The van der Waals surface area contributed by atoms with E-state index in [0.29, 0.717) is 30.8 Å². The van der Waals surface area contributed by atoms with Crippen molar-refractivity contribution in [1.29, 1.82) is 5.41 Å². The SMILES string of the molecule is C=CCOC(=O)C1CC(Oc2cccc(C(=N)N)c2)CN1Cc1ccccc1. The van der Waals surface area contributed by atoms with Gasteiger partial charge in [0.05, 0.1) is 0 Å². The van der Waals surface area contributed by atoms with Crippen LogP contribution >= 0.6 is 0 Å². The molecule has 0 saturated carbocycles. The third-order valence-electron chi connectivity index (χ3n) is 4.66. The number of esters is 1. The van der Waals surface area contributed by atoms with Crippen LogP contribution in [0, 0.1) is 5.41 Å². The minimum absolute atomic E-state index is 0.00606. The Morgan fingerprint density at radius 3 is 2.75 bits per heavy atom. The molecule has 0 radical (unpaired) electrons. The van der Waals surface area contributed by atoms with E-state index in [9.17, 15) is 4.79 Å². The summed E-state index contributed by atoms with van der Waals surface area (Å²) in [6.07, 6.45) is 1.94. The fraction of sp³-hybridized carbons (Fsp3) is 0.273. The Kier molecular flexibility index (Phi) is 6.45. The van der Waals surface area contributed by atoms with Crippen LogP contribution < -0.4 is 10.5 Å². The molecule has 2 aromatic carbocycles. The van der Waals surface area contributed by atoms with Gasteiger partial charge in [-0.2, -0.15) is 0 Å². The minimum Gasteiger partial charge on any atom is -0.489 e. The van der Waals surface area contributed by atoms with Crippen LogP contribution in [0.2, 0.25) is 0 Å². The molecular weight excluding hydrogens is 354 g/mol. The zero-order valence-corrected chi connectivity index (χ0v) is 15.7. The average molecular weight is 379 g/mol. The fourth-order valence-corrected chi connectivity index (χ4v) is 3.35. The molecule has 2 atom stereocenters. The van der Waals surface area contributed by atoms with Gasteiger partial charge in [0.2, 0.25) is 0 Å². The Labute approximate surface area is 165 Å². The minimum atomic E-state index is -0.374. The molecule has 2 aromatic rings. The highest BCUT2D eigenvalue weighted by molar-refractivity contribution is 5.95. The first-order valence-corrected chi connectivity index (χ1v) is 9.23. The molecule has 6 nitrogen and oxygen atoms in total. The lowest BCUT2D eigenvalue weighted by Gasteiger charge is -2.22. The second kappa shape index (κ2) is 9.19. The van der Waals surface area contributed by atoms with Crippen molar-refractivity contribution in [3.8, 4) is 5.75 Å². The van der Waals surface area contributed by atoms with Crippen molar-refractivity contribution >= 4 is 11.8 Å². The molecule has 3 rings (SSSR count). The van der Waals surface area contributed by atoms with Gasteiger partial charge in [-0.15, -0.1) is 0 Å². The molecule has 1 aliphatic rings. The number of likely N-dealkylation sites (tertiary alicyclic amines) is 1. The van der Waals surface area contributed by atoms with E-state index >= 15 is 0 Å². The number of nitrogens with one attached hydrogen (secondary N) is 1. The molecule has 0 spiro atoms. The van der Waals surface area contributed by atoms with Crippen molar-refractivity contribution in [1.82, 2.24) is 4.90 Å². The number of nitrogens with zero attached hydrogens (tertiary/aromatic N) is 1. The van der Waals surface area contributed by atoms with Gasteiger partial charge >= 0.3 is 5.97 Å². The maximum absolute atomic E-state index is 12.5. The quantitative estimate of drug-likeness (QED) is 0.319. The Bertz CT molecular complexity index is 838. The van der Waals surface area contributed by atoms with Gasteiger partial charge in [-0.1, -0.05) is 55.1 Å². The largest absolute Gasteiger partial charge is 0.489 e. The standard InChI is InChI=1S/C22H25N3O3/c1-2-11-27-22(26)20-13-19(15-25(20)14-16-7-4-3-5-8-16)28-18-10-6-9-17(12-18)21(23)24/h2-10,12,19-20H,1,11,13-15H2,(H3,23,24). The number of rotatable bonds is 8. The molecule has 28 heavy (non-hydrogen) atoms. The number of ether oxygens (including phenoxy) is 2. The van der Waals surface area contributed by atoms with Gasteiger partial charge in [-0.3, -0.25) is 15.1 Å². The summed E-state index contributed by atoms with van der Waals surface area (Å²) in [6.45, 7) is 5.04. The first kappa shape index (κ1) is 19.6. The molecule has 146 valence electrons. The summed E-state index contributed by atoms with van der Waals surface area (Å²) in [7, 11) is 0. The first-order chi connectivity index (χ1) is 13.6. The summed E-state index contributed by atoms with van der Waals surface area (Å²) >= 11 is 0. The second-order valence-corrected chi connectivity index (χ2v) is 6.77. The number of amidine groups is 1. The molecular formula is C22H25N3O3. The molecule has 0 bridgehead atoms. The third kappa shape index (κ3) is 4.98. The molecule has 0 aliphatic carbocycles. The third-order valence-corrected chi connectivity index (χ3v) is 4.66. The molecule has 1 aliphatic heterocycles. The van der Waals surface area contributed by atoms with Crippen molar-refractivity contribution in [3.05, 3.63) is 78.4 Å². The van der Waals surface area contributed by atoms with Crippen molar-refractivity contribution in [2.75, 3.05) is 13.2 Å². The Balaban J connectivity index is 1.73. The van der Waals surface area contributed by atoms with Crippen molar-refractivity contribution in [2.45, 2.75) is 25.1 Å². The van der Waals surface area contributed by atoms with E-state index < -0.39 is 0 Å². The van der Waals surface area contributed by atoms with Crippen molar-refractivity contribution < 1.29 is 14.3 Å². The van der Waals surface area contributed by atoms with Gasteiger partial charge in [0.1, 0.15) is 30.3 Å². The molecule has 6 heteroatoms. The number of carbonyl (C=O) groups is 1. The number of nitrogen functional groups attached to an aromatic ring is 1. The lowest BCUT2D eigenvalue weighted by molar-refractivity contribution is -0.147. The Morgan fingerprint density at radius 1 is 1.25 bits per heavy atom. The predicted molar refractivity (Wildman–Crippen MR) is 108 cm³/mol. The summed E-state index contributed by atoms with van der Waals surface area (Å²) in [6, 6.07) is 16.8. The lowest BCUT2D eigenvalue weighted by atomic mass is 10.1. The normalized spacial score (nSPS) is 19.1. The number of carbonyl (C=O) groups excluding carboxylic acids is 1. The highest BCUT2D eigenvalue weighted by atomic mass is 16.5. The monoisotopic (exact) mass is 379 g/mol. The topological polar surface area (TPSA) is 88.6 Å². The average Bonchev–Trinajstić information content (AvgIpc) is 3.09. The van der Waals surface area contributed by atoms with Gasteiger partial charge in [-0.25, -0.2) is 0 Å². The van der Waals surface area contributed by atoms with Gasteiger partial charge in [0.25, 0.3) is 0 Å². The van der Waals surface area contributed by atoms with Gasteiger partial charge in [-0.05, 0) is 17.7 Å². The van der Waals surface area contributed by atoms with E-state index in [1.165, 1.54) is 0 Å². The summed E-state index contributed by atoms with van der Waals surface area (Å²) in [5, 5.41) is 7.57. The Morgan fingerprint density at radius 2 is 2.04 bits per heavy atom. The van der Waals surface area contributed by atoms with Crippen LogP contribution in [0.3, 0.4) is 0 Å². The summed E-state index contributed by atoms with van der Waals surface area (Å²) in [5.41, 5.74) is 7.30. The summed E-state index contributed by atoms with van der Waals surface area (Å²) in [5.74, 6) is 0.366. The second-order valence-electron chi connectivity index (χ2n) is 6.77. The van der Waals surface area contributed by atoms with E-state index in [1.807, 2.05) is 36.4 Å². The van der Waals surface area contributed by atoms with Gasteiger partial charge < -0.3 is 15.2 Å². The summed E-state index contributed by atoms with van der Waals surface area (Å²) < 4.78 is 11.4. The van der Waals surface area contributed by atoms with E-state index in [-0.39, 0.29) is 30.6 Å². The first-order valence-electron chi connectivity index (χ1n) is 9.23. The highest BCUT2D eigenvalue weighted by Crippen LogP contribution is 2.26. The van der Waals surface area contributed by atoms with Crippen LogP contribution in [-0.4, -0.2) is 42.0 Å². The molecule has 0 aromatic heterocycles. The maximum atomic E-state index is 12.5. The zero-order chi connectivity index (χ0) is 19.9. The van der Waals surface area contributed by atoms with Crippen LogP contribution in [-0.2, 0) is 16.1 Å². The van der Waals surface area contributed by atoms with Crippen LogP contribution in [0.4, 0.5) is 0 Å². The van der Waals surface area contributed by atoms with Crippen LogP contribution in [0.5, 0.6) is 5.75 Å². The number of hydrogen-bond acceptors (Lipinski definition) is 5. The van der Waals surface area contributed by atoms with Crippen LogP contribution in [0.15, 0.2) is 67.3 Å². The maximum Gasteiger partial charge on any atom is 0.323 e. The predicted octanol–water partition coefficient (Wildman–Crippen LogP) is 2.72. The molecule has 1 fully saturated rings. The molecule has 2 unspecified atom stereocenters. The zero-order valence-electron chi connectivity index (χ0n) is 15.7. The molecule has 3 N–H and O–H groups in total. The van der Waals surface area contributed by atoms with Gasteiger partial charge in [0, 0.05) is 25.1 Å². The van der Waals surface area contributed by atoms with E-state index in [1.54, 1.807) is 24.3 Å². The molecule has 1 heterocycles. The lowest BCUT2D eigenvalue weighted by Crippen LogP contribution is -2.36. The van der Waals surface area contributed by atoms with E-state index in [4.69, 9.17) is 20.6 Å². The van der Waals surface area contributed by atoms with Crippen molar-refractivity contribution in [2.24, 2.45) is 5.73 Å². The Hall–Kier alpha value is -3.12. The van der Waals surface area contributed by atoms with Crippen LogP contribution in [0.1, 0.15) is 17.5 Å². The van der Waals surface area contributed by atoms with Crippen LogP contribution in [0.25, 0.3) is 0 Å². The fourth-order valence-electron chi connectivity index (χ4n) is 3.35. The number of benzene rings is 2.